The van der Waals surface area contributed by atoms with E-state index in [0.29, 0.717) is 18.5 Å². The van der Waals surface area contributed by atoms with Gasteiger partial charge in [-0.2, -0.15) is 0 Å². The average molecular weight is 441 g/mol. The quantitative estimate of drug-likeness (QED) is 0.631. The van der Waals surface area contributed by atoms with Crippen molar-refractivity contribution in [1.29, 1.82) is 0 Å². The maximum absolute atomic E-state index is 13.0. The molecule has 1 unspecified atom stereocenters. The van der Waals surface area contributed by atoms with Gasteiger partial charge in [-0.05, 0) is 48.9 Å². The summed E-state index contributed by atoms with van der Waals surface area (Å²) in [6.45, 7) is 2.07. The molecule has 2 aliphatic rings. The molecular weight excluding hydrogens is 419 g/mol. The molecule has 0 radical (unpaired) electrons. The molecule has 0 N–H and O–H groups in total. The molecule has 10 heteroatoms. The van der Waals surface area contributed by atoms with Gasteiger partial charge in [0, 0.05) is 25.6 Å². The van der Waals surface area contributed by atoms with Crippen LogP contribution in [0.1, 0.15) is 25.3 Å². The molecule has 0 aliphatic carbocycles. The summed E-state index contributed by atoms with van der Waals surface area (Å²) in [7, 11) is -3.12. The smallest absolute Gasteiger partial charge is 0.293 e. The van der Waals surface area contributed by atoms with E-state index in [4.69, 9.17) is 0 Å². The van der Waals surface area contributed by atoms with Gasteiger partial charge in [-0.25, -0.2) is 12.8 Å². The number of carbonyl (C=O) groups is 3. The monoisotopic (exact) mass is 440 g/mol. The van der Waals surface area contributed by atoms with Crippen LogP contribution in [0.3, 0.4) is 0 Å². The van der Waals surface area contributed by atoms with Crippen LogP contribution in [0.5, 0.6) is 0 Å². The Hall–Kier alpha value is -2.20. The van der Waals surface area contributed by atoms with Crippen molar-refractivity contribution in [3.63, 3.8) is 0 Å². The first-order valence-electron chi connectivity index (χ1n) is 9.21. The Morgan fingerprint density at radius 2 is 2.00 bits per heavy atom. The van der Waals surface area contributed by atoms with Gasteiger partial charge in [-0.15, -0.1) is 0 Å². The van der Waals surface area contributed by atoms with E-state index in [1.807, 2.05) is 0 Å². The van der Waals surface area contributed by atoms with Crippen molar-refractivity contribution in [3.8, 4) is 0 Å². The fourth-order valence-corrected chi connectivity index (χ4v) is 6.01. The van der Waals surface area contributed by atoms with Crippen LogP contribution in [0.2, 0.25) is 0 Å². The van der Waals surface area contributed by atoms with Gasteiger partial charge in [-0.1, -0.05) is 12.1 Å². The van der Waals surface area contributed by atoms with Gasteiger partial charge in [0.2, 0.25) is 5.91 Å². The summed E-state index contributed by atoms with van der Waals surface area (Å²) >= 11 is 0.772. The SMILES string of the molecule is CCN(C(=O)CCN1C(=O)S/C(=C\c2ccc(F)cc2)C1=O)C1CCS(=O)(=O)C1. The van der Waals surface area contributed by atoms with Gasteiger partial charge in [0.05, 0.1) is 16.4 Å². The van der Waals surface area contributed by atoms with E-state index in [-0.39, 0.29) is 41.3 Å². The molecule has 0 aromatic heterocycles. The Morgan fingerprint density at radius 1 is 1.31 bits per heavy atom. The molecule has 29 heavy (non-hydrogen) atoms. The topological polar surface area (TPSA) is 91.8 Å². The molecule has 0 bridgehead atoms. The van der Waals surface area contributed by atoms with Crippen molar-refractivity contribution in [1.82, 2.24) is 9.80 Å². The highest BCUT2D eigenvalue weighted by atomic mass is 32.2. The Morgan fingerprint density at radius 3 is 2.59 bits per heavy atom. The molecule has 1 aromatic rings. The highest BCUT2D eigenvalue weighted by Crippen LogP contribution is 2.32. The molecule has 2 heterocycles. The summed E-state index contributed by atoms with van der Waals surface area (Å²) in [5.74, 6) is -1.16. The van der Waals surface area contributed by atoms with E-state index in [1.165, 1.54) is 35.2 Å². The van der Waals surface area contributed by atoms with E-state index in [1.54, 1.807) is 6.92 Å². The lowest BCUT2D eigenvalue weighted by Crippen LogP contribution is -2.42. The number of nitrogens with zero attached hydrogens (tertiary/aromatic N) is 2. The number of imide groups is 1. The Balaban J connectivity index is 1.62. The number of amides is 3. The number of hydrogen-bond acceptors (Lipinski definition) is 6. The van der Waals surface area contributed by atoms with Crippen molar-refractivity contribution >= 4 is 44.7 Å². The predicted molar refractivity (Wildman–Crippen MR) is 108 cm³/mol. The standard InChI is InChI=1S/C19H21FN2O5S2/c1-2-21(15-8-10-29(26,27)12-15)17(23)7-9-22-18(24)16(28-19(22)25)11-13-3-5-14(20)6-4-13/h3-6,11,15H,2,7-10,12H2,1H3/b16-11-. The summed E-state index contributed by atoms with van der Waals surface area (Å²) in [5.41, 5.74) is 0.590. The second-order valence-electron chi connectivity index (χ2n) is 6.87. The summed E-state index contributed by atoms with van der Waals surface area (Å²) in [6, 6.07) is 5.17. The number of benzene rings is 1. The number of hydrogen-bond donors (Lipinski definition) is 0. The first-order chi connectivity index (χ1) is 13.7. The van der Waals surface area contributed by atoms with E-state index < -0.39 is 26.8 Å². The molecule has 3 rings (SSSR count). The lowest BCUT2D eigenvalue weighted by molar-refractivity contribution is -0.133. The summed E-state index contributed by atoms with van der Waals surface area (Å²) < 4.78 is 36.4. The van der Waals surface area contributed by atoms with E-state index >= 15 is 0 Å². The second kappa shape index (κ2) is 8.66. The normalized spacial score (nSPS) is 22.5. The highest BCUT2D eigenvalue weighted by molar-refractivity contribution is 8.18. The van der Waals surface area contributed by atoms with Crippen molar-refractivity contribution in [2.24, 2.45) is 0 Å². The average Bonchev–Trinajstić information content (AvgIpc) is 3.15. The van der Waals surface area contributed by atoms with Crippen molar-refractivity contribution < 1.29 is 27.2 Å². The Labute approximate surface area is 172 Å². The lowest BCUT2D eigenvalue weighted by atomic mass is 10.2. The van der Waals surface area contributed by atoms with Crippen LogP contribution < -0.4 is 0 Å². The summed E-state index contributed by atoms with van der Waals surface area (Å²) in [5, 5.41) is -0.470. The number of rotatable bonds is 6. The minimum absolute atomic E-state index is 0.0471. The Bertz CT molecular complexity index is 959. The van der Waals surface area contributed by atoms with Gasteiger partial charge >= 0.3 is 0 Å². The van der Waals surface area contributed by atoms with Crippen LogP contribution in [0.25, 0.3) is 6.08 Å². The molecule has 1 aromatic carbocycles. The summed E-state index contributed by atoms with van der Waals surface area (Å²) in [6.07, 6.45) is 1.85. The fourth-order valence-electron chi connectivity index (χ4n) is 3.41. The van der Waals surface area contributed by atoms with Crippen LogP contribution in [0.4, 0.5) is 9.18 Å². The van der Waals surface area contributed by atoms with Crippen molar-refractivity contribution in [2.45, 2.75) is 25.8 Å². The van der Waals surface area contributed by atoms with E-state index in [2.05, 4.69) is 0 Å². The number of thioether (sulfide) groups is 1. The largest absolute Gasteiger partial charge is 0.339 e. The second-order valence-corrected chi connectivity index (χ2v) is 10.1. The third-order valence-electron chi connectivity index (χ3n) is 4.90. The van der Waals surface area contributed by atoms with E-state index in [0.717, 1.165) is 16.7 Å². The summed E-state index contributed by atoms with van der Waals surface area (Å²) in [4.78, 5) is 40.0. The van der Waals surface area contributed by atoms with Gasteiger partial charge in [-0.3, -0.25) is 19.3 Å². The highest BCUT2D eigenvalue weighted by Gasteiger charge is 2.37. The van der Waals surface area contributed by atoms with Crippen LogP contribution in [-0.4, -0.2) is 65.9 Å². The third-order valence-corrected chi connectivity index (χ3v) is 7.56. The minimum atomic E-state index is -3.12. The number of carbonyl (C=O) groups excluding carboxylic acids is 3. The Kier molecular flexibility index (Phi) is 6.42. The minimum Gasteiger partial charge on any atom is -0.339 e. The van der Waals surface area contributed by atoms with Crippen molar-refractivity contribution in [3.05, 3.63) is 40.6 Å². The molecule has 2 fully saturated rings. The maximum Gasteiger partial charge on any atom is 0.293 e. The molecule has 7 nitrogen and oxygen atoms in total. The zero-order valence-corrected chi connectivity index (χ0v) is 17.5. The lowest BCUT2D eigenvalue weighted by Gasteiger charge is -2.27. The van der Waals surface area contributed by atoms with Gasteiger partial charge in [0.15, 0.2) is 9.84 Å². The molecule has 156 valence electrons. The van der Waals surface area contributed by atoms with Gasteiger partial charge in [0.1, 0.15) is 5.82 Å². The zero-order valence-electron chi connectivity index (χ0n) is 15.8. The maximum atomic E-state index is 13.0. The molecular formula is C19H21FN2O5S2. The predicted octanol–water partition coefficient (Wildman–Crippen LogP) is 2.29. The van der Waals surface area contributed by atoms with Gasteiger partial charge in [0.25, 0.3) is 11.1 Å². The molecule has 3 amide bonds. The molecule has 0 spiro atoms. The molecule has 0 saturated carbocycles. The number of sulfone groups is 1. The third kappa shape index (κ3) is 5.05. The van der Waals surface area contributed by atoms with E-state index in [9.17, 15) is 27.2 Å². The molecule has 1 atom stereocenters. The molecule has 2 aliphatic heterocycles. The zero-order chi connectivity index (χ0) is 21.2. The number of halogens is 1. The molecule has 2 saturated heterocycles. The first kappa shape index (κ1) is 21.5. The first-order valence-corrected chi connectivity index (χ1v) is 11.8. The van der Waals surface area contributed by atoms with Crippen molar-refractivity contribution in [2.75, 3.05) is 24.6 Å². The fraction of sp³-hybridized carbons (Fsp3) is 0.421. The van der Waals surface area contributed by atoms with Crippen LogP contribution >= 0.6 is 11.8 Å². The van der Waals surface area contributed by atoms with Gasteiger partial charge < -0.3 is 4.90 Å². The van der Waals surface area contributed by atoms with Crippen LogP contribution in [0, 0.1) is 5.82 Å². The van der Waals surface area contributed by atoms with Crippen LogP contribution in [0.15, 0.2) is 29.2 Å². The van der Waals surface area contributed by atoms with Crippen LogP contribution in [-0.2, 0) is 19.4 Å².